The third-order valence-corrected chi connectivity index (χ3v) is 3.45. The van der Waals surface area contributed by atoms with E-state index >= 15 is 0 Å². The van der Waals surface area contributed by atoms with Crippen LogP contribution >= 0.6 is 23.2 Å². The van der Waals surface area contributed by atoms with Gasteiger partial charge in [0.1, 0.15) is 29.9 Å². The molecule has 2 rings (SSSR count). The first-order valence-electron chi connectivity index (χ1n) is 6.49. The number of nitrogens with zero attached hydrogens (tertiary/aromatic N) is 6. The van der Waals surface area contributed by atoms with E-state index in [4.69, 9.17) is 39.5 Å². The SMILES string of the molecule is N#C/C(N)=C(C#N)/N=C/c1ncn(-c2c(Cl)cc(C(F)(F)F)cc2Cl)n1. The number of rotatable bonds is 3. The Morgan fingerprint density at radius 2 is 1.85 bits per heavy atom. The highest BCUT2D eigenvalue weighted by Gasteiger charge is 2.32. The van der Waals surface area contributed by atoms with Crippen LogP contribution in [0.5, 0.6) is 0 Å². The summed E-state index contributed by atoms with van der Waals surface area (Å²) in [4.78, 5) is 7.52. The molecule has 0 saturated carbocycles. The van der Waals surface area contributed by atoms with E-state index in [1.54, 1.807) is 12.1 Å². The lowest BCUT2D eigenvalue weighted by molar-refractivity contribution is -0.137. The van der Waals surface area contributed by atoms with E-state index in [2.05, 4.69) is 15.1 Å². The van der Waals surface area contributed by atoms with Crippen molar-refractivity contribution in [1.82, 2.24) is 14.8 Å². The van der Waals surface area contributed by atoms with E-state index in [1.165, 1.54) is 0 Å². The Kier molecular flexibility index (Phi) is 5.50. The third-order valence-electron chi connectivity index (χ3n) is 2.87. The summed E-state index contributed by atoms with van der Waals surface area (Å²) in [6.45, 7) is 0. The molecule has 0 radical (unpaired) electrons. The number of nitriles is 2. The molecule has 0 fully saturated rings. The Labute approximate surface area is 154 Å². The average Bonchev–Trinajstić information content (AvgIpc) is 3.02. The van der Waals surface area contributed by atoms with Gasteiger partial charge in [0.15, 0.2) is 11.5 Å². The summed E-state index contributed by atoms with van der Waals surface area (Å²) >= 11 is 11.8. The van der Waals surface area contributed by atoms with Crippen LogP contribution in [-0.4, -0.2) is 21.0 Å². The fourth-order valence-electron chi connectivity index (χ4n) is 1.72. The molecule has 2 aromatic rings. The molecule has 7 nitrogen and oxygen atoms in total. The van der Waals surface area contributed by atoms with Crippen molar-refractivity contribution >= 4 is 29.4 Å². The van der Waals surface area contributed by atoms with Crippen LogP contribution in [0.4, 0.5) is 13.2 Å². The number of halogens is 5. The smallest absolute Gasteiger partial charge is 0.388 e. The highest BCUT2D eigenvalue weighted by Crippen LogP contribution is 2.37. The molecule has 0 aliphatic carbocycles. The Balaban J connectivity index is 2.40. The largest absolute Gasteiger partial charge is 0.416 e. The zero-order valence-electron chi connectivity index (χ0n) is 12.5. The van der Waals surface area contributed by atoms with E-state index in [0.29, 0.717) is 12.1 Å². The second kappa shape index (κ2) is 7.44. The van der Waals surface area contributed by atoms with Gasteiger partial charge in [-0.05, 0) is 12.1 Å². The zero-order valence-corrected chi connectivity index (χ0v) is 14.0. The summed E-state index contributed by atoms with van der Waals surface area (Å²) in [6.07, 6.45) is -2.41. The number of benzene rings is 1. The monoisotopic (exact) mass is 399 g/mol. The fourth-order valence-corrected chi connectivity index (χ4v) is 2.38. The molecular formula is C14H6Cl2F3N7. The van der Waals surface area contributed by atoms with Gasteiger partial charge >= 0.3 is 6.18 Å². The molecule has 26 heavy (non-hydrogen) atoms. The summed E-state index contributed by atoms with van der Waals surface area (Å²) < 4.78 is 39.3. The van der Waals surface area contributed by atoms with Crippen molar-refractivity contribution in [2.24, 2.45) is 10.7 Å². The van der Waals surface area contributed by atoms with Crippen molar-refractivity contribution in [2.45, 2.75) is 6.18 Å². The maximum Gasteiger partial charge on any atom is 0.416 e. The lowest BCUT2D eigenvalue weighted by atomic mass is 10.2. The van der Waals surface area contributed by atoms with Gasteiger partial charge in [0.25, 0.3) is 0 Å². The summed E-state index contributed by atoms with van der Waals surface area (Å²) in [5, 5.41) is 20.8. The highest BCUT2D eigenvalue weighted by molar-refractivity contribution is 6.37. The van der Waals surface area contributed by atoms with Crippen LogP contribution in [0.1, 0.15) is 11.4 Å². The number of hydrogen-bond acceptors (Lipinski definition) is 6. The summed E-state index contributed by atoms with van der Waals surface area (Å²) in [5.74, 6) is -0.0180. The Morgan fingerprint density at radius 1 is 1.23 bits per heavy atom. The van der Waals surface area contributed by atoms with E-state index in [1.807, 2.05) is 0 Å². The maximum atomic E-state index is 12.8. The number of allylic oxidation sites excluding steroid dienone is 2. The predicted octanol–water partition coefficient (Wildman–Crippen LogP) is 3.23. The molecule has 1 aromatic carbocycles. The average molecular weight is 400 g/mol. The van der Waals surface area contributed by atoms with Crippen molar-refractivity contribution < 1.29 is 13.2 Å². The second-order valence-electron chi connectivity index (χ2n) is 4.58. The van der Waals surface area contributed by atoms with Gasteiger partial charge in [0.2, 0.25) is 0 Å². The summed E-state index contributed by atoms with van der Waals surface area (Å²) in [7, 11) is 0. The molecule has 1 aromatic heterocycles. The van der Waals surface area contributed by atoms with Gasteiger partial charge in [-0.3, -0.25) is 0 Å². The summed E-state index contributed by atoms with van der Waals surface area (Å²) in [6, 6.07) is 4.61. The maximum absolute atomic E-state index is 12.8. The number of aliphatic imine (C=N–C) groups is 1. The topological polar surface area (TPSA) is 117 Å². The quantitative estimate of drug-likeness (QED) is 0.627. The molecule has 132 valence electrons. The first kappa shape index (κ1) is 19.2. The number of hydrogen-bond donors (Lipinski definition) is 1. The van der Waals surface area contributed by atoms with Crippen LogP contribution in [0, 0.1) is 22.7 Å². The van der Waals surface area contributed by atoms with Gasteiger partial charge in [0, 0.05) is 0 Å². The number of alkyl halides is 3. The molecule has 0 spiro atoms. The molecule has 0 aliphatic rings. The third kappa shape index (κ3) is 4.11. The summed E-state index contributed by atoms with van der Waals surface area (Å²) in [5.41, 5.74) is 3.54. The van der Waals surface area contributed by atoms with E-state index in [9.17, 15) is 13.2 Å². The first-order chi connectivity index (χ1) is 12.2. The number of nitrogens with two attached hydrogens (primary N) is 1. The van der Waals surface area contributed by atoms with Crippen molar-refractivity contribution in [3.8, 4) is 17.8 Å². The molecule has 0 aliphatic heterocycles. The minimum atomic E-state index is -4.60. The predicted molar refractivity (Wildman–Crippen MR) is 86.4 cm³/mol. The zero-order chi connectivity index (χ0) is 19.5. The lowest BCUT2D eigenvalue weighted by Crippen LogP contribution is -2.07. The Hall–Kier alpha value is -3.08. The van der Waals surface area contributed by atoms with Gasteiger partial charge in [-0.2, -0.15) is 23.7 Å². The Bertz CT molecular complexity index is 970. The first-order valence-corrected chi connectivity index (χ1v) is 7.25. The molecule has 12 heteroatoms. The van der Waals surface area contributed by atoms with Crippen LogP contribution in [0.3, 0.4) is 0 Å². The van der Waals surface area contributed by atoms with Crippen LogP contribution < -0.4 is 5.73 Å². The van der Waals surface area contributed by atoms with Gasteiger partial charge in [-0.15, -0.1) is 5.10 Å². The highest BCUT2D eigenvalue weighted by atomic mass is 35.5. The molecule has 0 bridgehead atoms. The van der Waals surface area contributed by atoms with E-state index in [-0.39, 0.29) is 27.3 Å². The van der Waals surface area contributed by atoms with Crippen LogP contribution in [0.15, 0.2) is 34.8 Å². The van der Waals surface area contributed by atoms with Gasteiger partial charge < -0.3 is 5.73 Å². The van der Waals surface area contributed by atoms with Crippen LogP contribution in [0.2, 0.25) is 10.0 Å². The van der Waals surface area contributed by atoms with Gasteiger partial charge in [-0.1, -0.05) is 23.2 Å². The fraction of sp³-hybridized carbons (Fsp3) is 0.0714. The van der Waals surface area contributed by atoms with Crippen LogP contribution in [-0.2, 0) is 6.18 Å². The molecule has 0 atom stereocenters. The molecule has 1 heterocycles. The minimum Gasteiger partial charge on any atom is -0.388 e. The van der Waals surface area contributed by atoms with E-state index in [0.717, 1.165) is 17.2 Å². The minimum absolute atomic E-state index is 0.0129. The normalized spacial score (nSPS) is 12.6. The van der Waals surface area contributed by atoms with Crippen molar-refractivity contribution in [3.05, 3.63) is 51.3 Å². The number of aromatic nitrogens is 3. The van der Waals surface area contributed by atoms with E-state index < -0.39 is 17.4 Å². The van der Waals surface area contributed by atoms with Crippen LogP contribution in [0.25, 0.3) is 5.69 Å². The second-order valence-corrected chi connectivity index (χ2v) is 5.39. The standard InChI is InChI=1S/C14H6Cl2F3N7/c15-8-1-7(14(17,18)19)2-9(16)13(8)26-6-24-12(25-26)5-23-11(4-21)10(22)3-20/h1-2,5-6H,22H2/b11-10-,23-5+. The molecule has 2 N–H and O–H groups in total. The van der Waals surface area contributed by atoms with Gasteiger partial charge in [0.05, 0.1) is 21.8 Å². The van der Waals surface area contributed by atoms with Crippen molar-refractivity contribution in [2.75, 3.05) is 0 Å². The molecular weight excluding hydrogens is 394 g/mol. The van der Waals surface area contributed by atoms with Crippen molar-refractivity contribution in [1.29, 1.82) is 10.5 Å². The molecule has 0 unspecified atom stereocenters. The lowest BCUT2D eigenvalue weighted by Gasteiger charge is -2.11. The van der Waals surface area contributed by atoms with Crippen molar-refractivity contribution in [3.63, 3.8) is 0 Å². The van der Waals surface area contributed by atoms with Gasteiger partial charge in [-0.25, -0.2) is 14.7 Å². The molecule has 0 amide bonds. The molecule has 0 saturated heterocycles. The Morgan fingerprint density at radius 3 is 2.35 bits per heavy atom.